The summed E-state index contributed by atoms with van der Waals surface area (Å²) in [5.74, 6) is -0.0661. The van der Waals surface area contributed by atoms with Crippen LogP contribution in [0.1, 0.15) is 24.6 Å². The number of H-pyrrole nitrogens is 1. The van der Waals surface area contributed by atoms with Crippen molar-refractivity contribution in [1.29, 1.82) is 0 Å². The Morgan fingerprint density at radius 3 is 2.64 bits per heavy atom. The zero-order valence-electron chi connectivity index (χ0n) is 15.4. The van der Waals surface area contributed by atoms with E-state index in [0.29, 0.717) is 37.8 Å². The maximum absolute atomic E-state index is 13.0. The Morgan fingerprint density at radius 2 is 1.93 bits per heavy atom. The summed E-state index contributed by atoms with van der Waals surface area (Å²) in [6.07, 6.45) is -3.88. The summed E-state index contributed by atoms with van der Waals surface area (Å²) < 4.78 is 39.1. The first kappa shape index (κ1) is 20.1. The molecule has 0 spiro atoms. The predicted octanol–water partition coefficient (Wildman–Crippen LogP) is 2.51. The van der Waals surface area contributed by atoms with Crippen LogP contribution in [0.3, 0.4) is 0 Å². The minimum absolute atomic E-state index is 0.0352. The van der Waals surface area contributed by atoms with Crippen molar-refractivity contribution in [2.75, 3.05) is 26.2 Å². The highest BCUT2D eigenvalue weighted by molar-refractivity contribution is 5.73. The van der Waals surface area contributed by atoms with E-state index in [0.717, 1.165) is 18.5 Å². The number of rotatable bonds is 3. The van der Waals surface area contributed by atoms with Crippen molar-refractivity contribution < 1.29 is 18.0 Å². The lowest BCUT2D eigenvalue weighted by Crippen LogP contribution is -2.33. The maximum atomic E-state index is 13.0. The topological polar surface area (TPSA) is 69.3 Å². The molecule has 1 aromatic carbocycles. The van der Waals surface area contributed by atoms with Crippen LogP contribution >= 0.6 is 0 Å². The fraction of sp³-hybridized carbons (Fsp3) is 0.421. The van der Waals surface area contributed by atoms with Crippen molar-refractivity contribution in [3.8, 4) is 11.4 Å². The highest BCUT2D eigenvalue weighted by Crippen LogP contribution is 2.29. The molecule has 0 saturated carbocycles. The highest BCUT2D eigenvalue weighted by atomic mass is 19.4. The van der Waals surface area contributed by atoms with Crippen molar-refractivity contribution in [3.05, 3.63) is 51.9 Å². The van der Waals surface area contributed by atoms with Crippen molar-refractivity contribution in [2.24, 2.45) is 0 Å². The smallest absolute Gasteiger partial charge is 0.342 e. The molecule has 150 valence electrons. The first-order valence-corrected chi connectivity index (χ1v) is 8.99. The second-order valence-electron chi connectivity index (χ2n) is 6.77. The molecule has 9 heteroatoms. The number of hydrogen-bond donors (Lipinski definition) is 1. The summed E-state index contributed by atoms with van der Waals surface area (Å²) in [5, 5.41) is 0. The minimum atomic E-state index is -4.70. The molecule has 6 nitrogen and oxygen atoms in total. The third-order valence-electron chi connectivity index (χ3n) is 4.73. The number of aromatic amines is 1. The van der Waals surface area contributed by atoms with Gasteiger partial charge in [0.1, 0.15) is 5.82 Å². The minimum Gasteiger partial charge on any atom is -0.342 e. The summed E-state index contributed by atoms with van der Waals surface area (Å²) >= 11 is 0. The zero-order valence-corrected chi connectivity index (χ0v) is 15.4. The first-order chi connectivity index (χ1) is 13.2. The first-order valence-electron chi connectivity index (χ1n) is 8.99. The number of hydrogen-bond acceptors (Lipinski definition) is 4. The molecule has 0 atom stereocenters. The van der Waals surface area contributed by atoms with Gasteiger partial charge in [0, 0.05) is 51.3 Å². The van der Waals surface area contributed by atoms with Gasteiger partial charge in [0.15, 0.2) is 5.69 Å². The lowest BCUT2D eigenvalue weighted by Gasteiger charge is -2.22. The van der Waals surface area contributed by atoms with Crippen LogP contribution in [0.25, 0.3) is 11.4 Å². The molecule has 1 fully saturated rings. The van der Waals surface area contributed by atoms with E-state index in [1.54, 1.807) is 30.0 Å². The van der Waals surface area contributed by atoms with E-state index in [-0.39, 0.29) is 11.7 Å². The monoisotopic (exact) mass is 394 g/mol. The van der Waals surface area contributed by atoms with Crippen LogP contribution in [-0.2, 0) is 17.5 Å². The van der Waals surface area contributed by atoms with E-state index in [1.807, 2.05) is 6.07 Å². The number of nitrogens with one attached hydrogen (secondary N) is 1. The molecule has 0 unspecified atom stereocenters. The Balaban J connectivity index is 1.87. The molecule has 2 aromatic rings. The number of carbonyl (C=O) groups is 1. The lowest BCUT2D eigenvalue weighted by atomic mass is 10.1. The summed E-state index contributed by atoms with van der Waals surface area (Å²) in [7, 11) is 0. The average Bonchev–Trinajstić information content (AvgIpc) is 2.87. The summed E-state index contributed by atoms with van der Waals surface area (Å²) in [6, 6.07) is 7.40. The Kier molecular flexibility index (Phi) is 5.83. The van der Waals surface area contributed by atoms with Gasteiger partial charge in [0.05, 0.1) is 0 Å². The molecule has 1 aliphatic heterocycles. The lowest BCUT2D eigenvalue weighted by molar-refractivity contribution is -0.141. The van der Waals surface area contributed by atoms with Crippen molar-refractivity contribution in [1.82, 2.24) is 19.8 Å². The van der Waals surface area contributed by atoms with E-state index in [2.05, 4.69) is 14.9 Å². The van der Waals surface area contributed by atoms with E-state index >= 15 is 0 Å². The quantitative estimate of drug-likeness (QED) is 0.869. The third kappa shape index (κ3) is 4.78. The number of amides is 1. The molecule has 1 amide bonds. The Labute approximate surface area is 160 Å². The van der Waals surface area contributed by atoms with Crippen LogP contribution in [0.4, 0.5) is 13.2 Å². The molecule has 0 radical (unpaired) electrons. The molecule has 2 heterocycles. The van der Waals surface area contributed by atoms with Gasteiger partial charge in [-0.3, -0.25) is 14.5 Å². The van der Waals surface area contributed by atoms with Gasteiger partial charge in [-0.1, -0.05) is 24.3 Å². The largest absolute Gasteiger partial charge is 0.433 e. The molecule has 1 aliphatic rings. The van der Waals surface area contributed by atoms with Crippen LogP contribution < -0.4 is 5.56 Å². The molecule has 1 aromatic heterocycles. The van der Waals surface area contributed by atoms with Gasteiger partial charge in [-0.15, -0.1) is 0 Å². The van der Waals surface area contributed by atoms with Crippen molar-refractivity contribution >= 4 is 5.91 Å². The van der Waals surface area contributed by atoms with E-state index in [9.17, 15) is 22.8 Å². The molecule has 3 rings (SSSR count). The number of aromatic nitrogens is 2. The summed E-state index contributed by atoms with van der Waals surface area (Å²) in [6.45, 7) is 4.76. The normalized spacial score (nSPS) is 16.1. The van der Waals surface area contributed by atoms with Crippen LogP contribution in [0.15, 0.2) is 35.1 Å². The second kappa shape index (κ2) is 8.14. The van der Waals surface area contributed by atoms with Gasteiger partial charge in [-0.25, -0.2) is 4.98 Å². The number of carbonyl (C=O) groups excluding carboxylic acids is 1. The molecule has 1 saturated heterocycles. The van der Waals surface area contributed by atoms with Gasteiger partial charge < -0.3 is 9.88 Å². The molecular formula is C19H21F3N4O2. The fourth-order valence-electron chi connectivity index (χ4n) is 3.30. The van der Waals surface area contributed by atoms with E-state index in [4.69, 9.17) is 0 Å². The molecular weight excluding hydrogens is 373 g/mol. The van der Waals surface area contributed by atoms with Crippen molar-refractivity contribution in [2.45, 2.75) is 26.1 Å². The van der Waals surface area contributed by atoms with Gasteiger partial charge in [-0.2, -0.15) is 13.2 Å². The Bertz CT molecular complexity index is 911. The van der Waals surface area contributed by atoms with E-state index in [1.165, 1.54) is 0 Å². The van der Waals surface area contributed by atoms with Gasteiger partial charge >= 0.3 is 6.18 Å². The van der Waals surface area contributed by atoms with Gasteiger partial charge in [0.2, 0.25) is 5.91 Å². The Hall–Kier alpha value is -2.68. The number of nitrogens with zero attached hydrogens (tertiary/aromatic N) is 3. The van der Waals surface area contributed by atoms with Crippen LogP contribution in [0.2, 0.25) is 0 Å². The second-order valence-corrected chi connectivity index (χ2v) is 6.77. The van der Waals surface area contributed by atoms with Crippen LogP contribution in [0, 0.1) is 0 Å². The standard InChI is InChI=1S/C19H21F3N4O2/c1-13(27)26-8-4-7-25(9-10-26)12-14-5-2-3-6-15(14)18-23-16(19(20,21)22)11-17(28)24-18/h2-3,5-6,11H,4,7-10,12H2,1H3,(H,23,24,28). The summed E-state index contributed by atoms with van der Waals surface area (Å²) in [5.41, 5.74) is -0.841. The fourth-order valence-corrected chi connectivity index (χ4v) is 3.30. The van der Waals surface area contributed by atoms with Crippen LogP contribution in [-0.4, -0.2) is 51.9 Å². The predicted molar refractivity (Wildman–Crippen MR) is 97.4 cm³/mol. The van der Waals surface area contributed by atoms with Gasteiger partial charge in [-0.05, 0) is 12.0 Å². The van der Waals surface area contributed by atoms with Crippen molar-refractivity contribution in [3.63, 3.8) is 0 Å². The number of alkyl halides is 3. The van der Waals surface area contributed by atoms with E-state index < -0.39 is 17.4 Å². The van der Waals surface area contributed by atoms with Gasteiger partial charge in [0.25, 0.3) is 5.56 Å². The third-order valence-corrected chi connectivity index (χ3v) is 4.73. The molecule has 0 aliphatic carbocycles. The molecule has 1 N–H and O–H groups in total. The maximum Gasteiger partial charge on any atom is 0.433 e. The average molecular weight is 394 g/mol. The molecule has 28 heavy (non-hydrogen) atoms. The summed E-state index contributed by atoms with van der Waals surface area (Å²) in [4.78, 5) is 33.3. The number of benzene rings is 1. The number of halogens is 3. The molecule has 0 bridgehead atoms. The zero-order chi connectivity index (χ0) is 20.3. The SMILES string of the molecule is CC(=O)N1CCCN(Cc2ccccc2-c2nc(C(F)(F)F)cc(=O)[nH]2)CC1. The van der Waals surface area contributed by atoms with Crippen LogP contribution in [0.5, 0.6) is 0 Å². The highest BCUT2D eigenvalue weighted by Gasteiger charge is 2.33. The Morgan fingerprint density at radius 1 is 1.18 bits per heavy atom.